The van der Waals surface area contributed by atoms with E-state index in [4.69, 9.17) is 0 Å². The minimum atomic E-state index is -0.274. The summed E-state index contributed by atoms with van der Waals surface area (Å²) in [5.41, 5.74) is 0.906. The van der Waals surface area contributed by atoms with Crippen LogP contribution in [0.5, 0.6) is 0 Å². The Bertz CT molecular complexity index is 622. The topological polar surface area (TPSA) is 40.6 Å². The van der Waals surface area contributed by atoms with Crippen molar-refractivity contribution in [2.75, 3.05) is 26.2 Å². The van der Waals surface area contributed by atoms with Gasteiger partial charge < -0.3 is 0 Å². The van der Waals surface area contributed by atoms with E-state index < -0.39 is 0 Å². The quantitative estimate of drug-likeness (QED) is 0.457. The van der Waals surface area contributed by atoms with E-state index in [0.717, 1.165) is 0 Å². The maximum atomic E-state index is 12.1. The molecule has 22 heavy (non-hydrogen) atoms. The predicted octanol–water partition coefficient (Wildman–Crippen LogP) is 1.96. The van der Waals surface area contributed by atoms with E-state index in [1.165, 1.54) is 4.90 Å². The third kappa shape index (κ3) is 3.33. The highest BCUT2D eigenvalue weighted by Crippen LogP contribution is 2.21. The molecule has 0 N–H and O–H groups in total. The lowest BCUT2D eigenvalue weighted by Crippen LogP contribution is -2.30. The normalized spacial score (nSPS) is 12.9. The summed E-state index contributed by atoms with van der Waals surface area (Å²) in [5, 5.41) is 0. The molecule has 0 spiro atoms. The summed E-state index contributed by atoms with van der Waals surface area (Å²) in [7, 11) is 0. The van der Waals surface area contributed by atoms with Crippen molar-refractivity contribution >= 4 is 11.8 Å². The molecule has 0 saturated heterocycles. The molecule has 4 heteroatoms. The van der Waals surface area contributed by atoms with Gasteiger partial charge in [0.2, 0.25) is 0 Å². The van der Waals surface area contributed by atoms with Crippen LogP contribution in [0.25, 0.3) is 0 Å². The summed E-state index contributed by atoms with van der Waals surface area (Å²) in [5.74, 6) is 5.33. The van der Waals surface area contributed by atoms with Gasteiger partial charge in [0.1, 0.15) is 0 Å². The number of hydrogen-bond acceptors (Lipinski definition) is 3. The van der Waals surface area contributed by atoms with Crippen molar-refractivity contribution in [3.63, 3.8) is 0 Å². The molecular weight excluding hydrogens is 276 g/mol. The van der Waals surface area contributed by atoms with Crippen LogP contribution >= 0.6 is 0 Å². The zero-order valence-corrected chi connectivity index (χ0v) is 12.4. The highest BCUT2D eigenvalue weighted by atomic mass is 16.2. The van der Waals surface area contributed by atoms with Crippen LogP contribution in [0.3, 0.4) is 0 Å². The lowest BCUT2D eigenvalue weighted by Gasteiger charge is -2.14. The Labute approximate surface area is 130 Å². The minimum Gasteiger partial charge on any atom is -0.285 e. The first-order valence-corrected chi connectivity index (χ1v) is 7.04. The molecule has 1 aliphatic heterocycles. The average Bonchev–Trinajstić information content (AvgIpc) is 2.77. The van der Waals surface area contributed by atoms with Crippen LogP contribution in [0.15, 0.2) is 49.6 Å². The molecule has 2 rings (SSSR count). The number of imide groups is 1. The van der Waals surface area contributed by atoms with Crippen molar-refractivity contribution in [1.29, 1.82) is 0 Å². The molecule has 0 bridgehead atoms. The molecular formula is C18H18N2O2. The SMILES string of the molecule is C=CCN(CC#CCN1C(=O)c2ccccc2C1=O)CC=C. The number of nitrogens with zero attached hydrogens (tertiary/aromatic N) is 2. The van der Waals surface area contributed by atoms with E-state index in [9.17, 15) is 9.59 Å². The van der Waals surface area contributed by atoms with Gasteiger partial charge in [0.25, 0.3) is 11.8 Å². The number of amides is 2. The monoisotopic (exact) mass is 294 g/mol. The van der Waals surface area contributed by atoms with Crippen LogP contribution < -0.4 is 0 Å². The Kier molecular flexibility index (Phi) is 5.29. The summed E-state index contributed by atoms with van der Waals surface area (Å²) in [6.45, 7) is 9.48. The zero-order chi connectivity index (χ0) is 15.9. The summed E-state index contributed by atoms with van der Waals surface area (Å²) in [6.07, 6.45) is 3.60. The van der Waals surface area contributed by atoms with Crippen molar-refractivity contribution in [2.24, 2.45) is 0 Å². The molecule has 112 valence electrons. The molecule has 1 aromatic rings. The second kappa shape index (κ2) is 7.39. The fourth-order valence-corrected chi connectivity index (χ4v) is 2.25. The minimum absolute atomic E-state index is 0.113. The summed E-state index contributed by atoms with van der Waals surface area (Å²) >= 11 is 0. The number of fused-ring (bicyclic) bond motifs is 1. The standard InChI is InChI=1S/C18H18N2O2/c1-3-11-19(12-4-2)13-7-8-14-20-17(21)15-9-5-6-10-16(15)18(20)22/h3-6,9-10H,1-2,11-14H2. The molecule has 0 atom stereocenters. The number of carbonyl (C=O) groups excluding carboxylic acids is 2. The Morgan fingerprint density at radius 3 is 2.05 bits per heavy atom. The smallest absolute Gasteiger partial charge is 0.262 e. The molecule has 0 saturated carbocycles. The van der Waals surface area contributed by atoms with Crippen molar-refractivity contribution in [3.8, 4) is 11.8 Å². The maximum absolute atomic E-state index is 12.1. The van der Waals surface area contributed by atoms with E-state index in [2.05, 4.69) is 29.9 Å². The number of hydrogen-bond donors (Lipinski definition) is 0. The van der Waals surface area contributed by atoms with Crippen LogP contribution in [0.4, 0.5) is 0 Å². The van der Waals surface area contributed by atoms with Crippen molar-refractivity contribution in [2.45, 2.75) is 0 Å². The predicted molar refractivity (Wildman–Crippen MR) is 86.4 cm³/mol. The molecule has 2 amide bonds. The average molecular weight is 294 g/mol. The molecule has 0 aliphatic carbocycles. The van der Waals surface area contributed by atoms with Crippen molar-refractivity contribution in [1.82, 2.24) is 9.80 Å². The fourth-order valence-electron chi connectivity index (χ4n) is 2.25. The molecule has 0 radical (unpaired) electrons. The highest BCUT2D eigenvalue weighted by Gasteiger charge is 2.34. The molecule has 1 heterocycles. The zero-order valence-electron chi connectivity index (χ0n) is 12.4. The molecule has 0 unspecified atom stereocenters. The van der Waals surface area contributed by atoms with Crippen LogP contribution in [-0.4, -0.2) is 47.8 Å². The van der Waals surface area contributed by atoms with Gasteiger partial charge in [-0.15, -0.1) is 13.2 Å². The van der Waals surface area contributed by atoms with Gasteiger partial charge in [0.15, 0.2) is 0 Å². The highest BCUT2D eigenvalue weighted by molar-refractivity contribution is 6.21. The van der Waals surface area contributed by atoms with Crippen LogP contribution in [-0.2, 0) is 0 Å². The Morgan fingerprint density at radius 1 is 1.00 bits per heavy atom. The van der Waals surface area contributed by atoms with E-state index in [1.807, 2.05) is 0 Å². The molecule has 0 aromatic heterocycles. The van der Waals surface area contributed by atoms with Crippen LogP contribution in [0.2, 0.25) is 0 Å². The number of rotatable bonds is 6. The Hall–Kier alpha value is -2.64. The van der Waals surface area contributed by atoms with Gasteiger partial charge >= 0.3 is 0 Å². The molecule has 4 nitrogen and oxygen atoms in total. The largest absolute Gasteiger partial charge is 0.285 e. The number of benzene rings is 1. The third-order valence-electron chi connectivity index (χ3n) is 3.32. The second-order valence-electron chi connectivity index (χ2n) is 4.87. The van der Waals surface area contributed by atoms with Gasteiger partial charge in [-0.1, -0.05) is 36.1 Å². The third-order valence-corrected chi connectivity index (χ3v) is 3.32. The van der Waals surface area contributed by atoms with Gasteiger partial charge in [0, 0.05) is 13.1 Å². The summed E-state index contributed by atoms with van der Waals surface area (Å²) < 4.78 is 0. The van der Waals surface area contributed by atoms with E-state index in [0.29, 0.717) is 30.8 Å². The van der Waals surface area contributed by atoms with Gasteiger partial charge in [-0.3, -0.25) is 19.4 Å². The maximum Gasteiger partial charge on any atom is 0.262 e. The lowest BCUT2D eigenvalue weighted by molar-refractivity contribution is 0.0675. The van der Waals surface area contributed by atoms with E-state index >= 15 is 0 Å². The van der Waals surface area contributed by atoms with Gasteiger partial charge in [0.05, 0.1) is 24.2 Å². The Morgan fingerprint density at radius 2 is 1.55 bits per heavy atom. The number of carbonyl (C=O) groups is 2. The lowest BCUT2D eigenvalue weighted by atomic mass is 10.1. The Balaban J connectivity index is 1.98. The van der Waals surface area contributed by atoms with Crippen molar-refractivity contribution in [3.05, 3.63) is 60.7 Å². The van der Waals surface area contributed by atoms with E-state index in [1.54, 1.807) is 36.4 Å². The molecule has 1 aromatic carbocycles. The van der Waals surface area contributed by atoms with Gasteiger partial charge in [-0.05, 0) is 12.1 Å². The second-order valence-corrected chi connectivity index (χ2v) is 4.87. The van der Waals surface area contributed by atoms with Crippen molar-refractivity contribution < 1.29 is 9.59 Å². The van der Waals surface area contributed by atoms with Gasteiger partial charge in [-0.25, -0.2) is 0 Å². The van der Waals surface area contributed by atoms with Crippen LogP contribution in [0.1, 0.15) is 20.7 Å². The van der Waals surface area contributed by atoms with E-state index in [-0.39, 0.29) is 18.4 Å². The first-order valence-electron chi connectivity index (χ1n) is 7.04. The first-order chi connectivity index (χ1) is 10.7. The van der Waals surface area contributed by atoms with Gasteiger partial charge in [-0.2, -0.15) is 0 Å². The molecule has 1 aliphatic rings. The first kappa shape index (κ1) is 15.7. The van der Waals surface area contributed by atoms with Crippen LogP contribution in [0, 0.1) is 11.8 Å². The molecule has 0 fully saturated rings. The fraction of sp³-hybridized carbons (Fsp3) is 0.222. The summed E-state index contributed by atoms with van der Waals surface area (Å²) in [4.78, 5) is 27.5. The summed E-state index contributed by atoms with van der Waals surface area (Å²) in [6, 6.07) is 6.83.